The Hall–Kier alpha value is -0.350. The number of rotatable bonds is 2. The van der Waals surface area contributed by atoms with Crippen LogP contribution >= 0.6 is 38.9 Å². The van der Waals surface area contributed by atoms with Crippen LogP contribution in [0.15, 0.2) is 28.7 Å². The quantitative estimate of drug-likeness (QED) is 0.833. The van der Waals surface area contributed by atoms with E-state index in [0.29, 0.717) is 0 Å². The largest absolute Gasteiger partial charge is 0.383 e. The molecule has 0 aliphatic heterocycles. The van der Waals surface area contributed by atoms with E-state index in [1.807, 2.05) is 38.1 Å². The molecule has 0 saturated heterocycles. The first-order valence-corrected chi connectivity index (χ1v) is 7.17. The van der Waals surface area contributed by atoms with Gasteiger partial charge in [0.15, 0.2) is 0 Å². The van der Waals surface area contributed by atoms with Crippen LogP contribution in [-0.2, 0) is 0 Å². The molecule has 2 aromatic rings. The van der Waals surface area contributed by atoms with E-state index in [1.165, 1.54) is 11.3 Å². The number of aryl methyl sites for hydroxylation is 2. The summed E-state index contributed by atoms with van der Waals surface area (Å²) in [5.74, 6) is 0. The molecule has 0 spiro atoms. The molecule has 4 heteroatoms. The average Bonchev–Trinajstić information content (AvgIpc) is 2.62. The van der Waals surface area contributed by atoms with Crippen molar-refractivity contribution in [2.24, 2.45) is 0 Å². The van der Waals surface area contributed by atoms with Gasteiger partial charge in [0.25, 0.3) is 0 Å². The van der Waals surface area contributed by atoms with Gasteiger partial charge in [-0.15, -0.1) is 11.3 Å². The maximum Gasteiger partial charge on any atom is 0.113 e. The minimum Gasteiger partial charge on any atom is -0.383 e. The molecule has 1 nitrogen and oxygen atoms in total. The predicted molar refractivity (Wildman–Crippen MR) is 77.0 cm³/mol. The smallest absolute Gasteiger partial charge is 0.113 e. The van der Waals surface area contributed by atoms with Gasteiger partial charge in [0, 0.05) is 9.35 Å². The Bertz CT molecular complexity index is 531. The number of aliphatic hydroxyl groups is 1. The number of benzene rings is 1. The van der Waals surface area contributed by atoms with Crippen molar-refractivity contribution in [2.75, 3.05) is 0 Å². The molecule has 0 fully saturated rings. The summed E-state index contributed by atoms with van der Waals surface area (Å²) in [6, 6.07) is 7.80. The van der Waals surface area contributed by atoms with Crippen LogP contribution in [-0.4, -0.2) is 5.11 Å². The highest BCUT2D eigenvalue weighted by molar-refractivity contribution is 9.10. The van der Waals surface area contributed by atoms with Gasteiger partial charge in [-0.1, -0.05) is 39.7 Å². The Labute approximate surface area is 118 Å². The van der Waals surface area contributed by atoms with Gasteiger partial charge < -0.3 is 5.11 Å². The van der Waals surface area contributed by atoms with Crippen molar-refractivity contribution < 1.29 is 5.11 Å². The topological polar surface area (TPSA) is 20.2 Å². The van der Waals surface area contributed by atoms with Crippen molar-refractivity contribution in [1.29, 1.82) is 0 Å². The van der Waals surface area contributed by atoms with Crippen molar-refractivity contribution in [3.63, 3.8) is 0 Å². The van der Waals surface area contributed by atoms with Crippen molar-refractivity contribution >= 4 is 38.9 Å². The molecule has 0 bridgehead atoms. The number of halogens is 2. The molecule has 0 aliphatic rings. The third-order valence-electron chi connectivity index (χ3n) is 2.64. The lowest BCUT2D eigenvalue weighted by Crippen LogP contribution is -1.97. The van der Waals surface area contributed by atoms with E-state index in [2.05, 4.69) is 15.9 Å². The molecule has 1 aromatic heterocycles. The van der Waals surface area contributed by atoms with Crippen LogP contribution in [0.25, 0.3) is 0 Å². The van der Waals surface area contributed by atoms with E-state index < -0.39 is 6.10 Å². The number of thiophene rings is 1. The van der Waals surface area contributed by atoms with Crippen LogP contribution in [0.2, 0.25) is 4.34 Å². The van der Waals surface area contributed by atoms with E-state index >= 15 is 0 Å². The van der Waals surface area contributed by atoms with Gasteiger partial charge in [-0.3, -0.25) is 0 Å². The fourth-order valence-corrected chi connectivity index (χ4v) is 3.10. The lowest BCUT2D eigenvalue weighted by molar-refractivity contribution is 0.224. The summed E-state index contributed by atoms with van der Waals surface area (Å²) in [6.45, 7) is 3.95. The number of hydrogen-bond donors (Lipinski definition) is 1. The van der Waals surface area contributed by atoms with Crippen LogP contribution in [0.4, 0.5) is 0 Å². The van der Waals surface area contributed by atoms with Gasteiger partial charge in [0.1, 0.15) is 6.10 Å². The van der Waals surface area contributed by atoms with Gasteiger partial charge in [-0.2, -0.15) is 0 Å². The van der Waals surface area contributed by atoms with Crippen molar-refractivity contribution in [3.05, 3.63) is 54.6 Å². The first-order chi connectivity index (χ1) is 7.99. The molecule has 2 rings (SSSR count). The fourth-order valence-electron chi connectivity index (χ4n) is 1.62. The molecule has 0 radical (unpaired) electrons. The predicted octanol–water partition coefficient (Wildman–Crippen LogP) is 4.86. The highest BCUT2D eigenvalue weighted by atomic mass is 79.9. The fraction of sp³-hybridized carbons (Fsp3) is 0.231. The van der Waals surface area contributed by atoms with Crippen molar-refractivity contribution in [2.45, 2.75) is 20.0 Å². The third-order valence-corrected chi connectivity index (χ3v) is 5.14. The molecule has 90 valence electrons. The molecule has 1 heterocycles. The Morgan fingerprint density at radius 2 is 1.94 bits per heavy atom. The molecule has 0 aliphatic carbocycles. The lowest BCUT2D eigenvalue weighted by Gasteiger charge is -2.10. The molecular weight excluding hydrogens is 320 g/mol. The monoisotopic (exact) mass is 330 g/mol. The van der Waals surface area contributed by atoms with Crippen LogP contribution in [0.1, 0.15) is 27.7 Å². The minimum atomic E-state index is -0.599. The van der Waals surface area contributed by atoms with E-state index in [4.69, 9.17) is 11.6 Å². The molecule has 17 heavy (non-hydrogen) atoms. The number of hydrogen-bond acceptors (Lipinski definition) is 2. The molecule has 1 aromatic carbocycles. The first-order valence-electron chi connectivity index (χ1n) is 5.19. The maximum absolute atomic E-state index is 10.3. The molecule has 1 unspecified atom stereocenters. The van der Waals surface area contributed by atoms with Crippen molar-refractivity contribution in [1.82, 2.24) is 0 Å². The summed E-state index contributed by atoms with van der Waals surface area (Å²) >= 11 is 10.9. The SMILES string of the molecule is Cc1cc(C(O)c2cc(C)c(Cl)s2)ccc1Br. The second-order valence-corrected chi connectivity index (χ2v) is 6.56. The van der Waals surface area contributed by atoms with Crippen LogP contribution in [0.5, 0.6) is 0 Å². The van der Waals surface area contributed by atoms with Gasteiger partial charge in [0.05, 0.1) is 4.34 Å². The van der Waals surface area contributed by atoms with Gasteiger partial charge >= 0.3 is 0 Å². The normalized spacial score (nSPS) is 12.8. The Morgan fingerprint density at radius 3 is 2.47 bits per heavy atom. The highest BCUT2D eigenvalue weighted by Crippen LogP contribution is 2.34. The van der Waals surface area contributed by atoms with Gasteiger partial charge in [0.2, 0.25) is 0 Å². The van der Waals surface area contributed by atoms with Gasteiger partial charge in [-0.25, -0.2) is 0 Å². The summed E-state index contributed by atoms with van der Waals surface area (Å²) in [5, 5.41) is 10.3. The summed E-state index contributed by atoms with van der Waals surface area (Å²) < 4.78 is 1.79. The molecule has 1 atom stereocenters. The highest BCUT2D eigenvalue weighted by Gasteiger charge is 2.15. The standard InChI is InChI=1S/C13H12BrClOS/c1-7-5-9(3-4-10(7)14)12(16)11-6-8(2)13(15)17-11/h3-6,12,16H,1-2H3. The summed E-state index contributed by atoms with van der Waals surface area (Å²) in [5.41, 5.74) is 3.02. The van der Waals surface area contributed by atoms with Crippen molar-refractivity contribution in [3.8, 4) is 0 Å². The minimum absolute atomic E-state index is 0.599. The second kappa shape index (κ2) is 5.11. The Morgan fingerprint density at radius 1 is 1.24 bits per heavy atom. The van der Waals surface area contributed by atoms with Crippen LogP contribution in [0, 0.1) is 13.8 Å². The zero-order chi connectivity index (χ0) is 12.6. The average molecular weight is 332 g/mol. The first kappa shape index (κ1) is 13.1. The molecule has 0 saturated carbocycles. The molecule has 0 amide bonds. The molecule has 1 N–H and O–H groups in total. The summed E-state index contributed by atoms with van der Waals surface area (Å²) in [6.07, 6.45) is -0.599. The van der Waals surface area contributed by atoms with E-state index in [1.54, 1.807) is 0 Å². The lowest BCUT2D eigenvalue weighted by atomic mass is 10.1. The summed E-state index contributed by atoms with van der Waals surface area (Å²) in [4.78, 5) is 0.884. The van der Waals surface area contributed by atoms with E-state index in [9.17, 15) is 5.11 Å². The second-order valence-electron chi connectivity index (χ2n) is 4.02. The third kappa shape index (κ3) is 2.74. The van der Waals surface area contributed by atoms with Crippen LogP contribution < -0.4 is 0 Å². The number of aliphatic hydroxyl groups excluding tert-OH is 1. The summed E-state index contributed by atoms with van der Waals surface area (Å²) in [7, 11) is 0. The van der Waals surface area contributed by atoms with E-state index in [0.717, 1.165) is 30.4 Å². The Balaban J connectivity index is 2.36. The zero-order valence-corrected chi connectivity index (χ0v) is 12.7. The van der Waals surface area contributed by atoms with Crippen LogP contribution in [0.3, 0.4) is 0 Å². The molecular formula is C13H12BrClOS. The van der Waals surface area contributed by atoms with E-state index in [-0.39, 0.29) is 0 Å². The Kier molecular flexibility index (Phi) is 3.93. The zero-order valence-electron chi connectivity index (χ0n) is 9.50. The maximum atomic E-state index is 10.3. The van der Waals surface area contributed by atoms with Gasteiger partial charge in [-0.05, 0) is 42.7 Å².